The lowest BCUT2D eigenvalue weighted by Crippen LogP contribution is -2.05. The van der Waals surface area contributed by atoms with E-state index in [1.165, 1.54) is 6.92 Å². The zero-order valence-corrected chi connectivity index (χ0v) is 13.9. The first-order chi connectivity index (χ1) is 11.1. The Morgan fingerprint density at radius 2 is 2.09 bits per heavy atom. The van der Waals surface area contributed by atoms with Gasteiger partial charge in [-0.25, -0.2) is 4.98 Å². The van der Waals surface area contributed by atoms with Crippen molar-refractivity contribution in [3.8, 4) is 10.6 Å². The lowest BCUT2D eigenvalue weighted by atomic mass is 10.3. The number of carbonyl (C=O) groups excluding carboxylic acids is 1. The molecule has 0 unspecified atom stereocenters. The minimum absolute atomic E-state index is 0.139. The minimum Gasteiger partial charge on any atom is -0.439 e. The van der Waals surface area contributed by atoms with Gasteiger partial charge in [0.1, 0.15) is 5.75 Å². The van der Waals surface area contributed by atoms with E-state index in [1.807, 2.05) is 17.5 Å². The van der Waals surface area contributed by atoms with Crippen LogP contribution in [-0.2, 0) is 21.3 Å². The molecule has 1 N–H and O–H groups in total. The molecule has 7 heteroatoms. The van der Waals surface area contributed by atoms with Crippen LogP contribution in [0.1, 0.15) is 12.8 Å². The second kappa shape index (κ2) is 6.89. The number of aromatic nitrogens is 1. The minimum atomic E-state index is -1.25. The molecule has 5 nitrogen and oxygen atoms in total. The van der Waals surface area contributed by atoms with Crippen LogP contribution in [0.15, 0.2) is 57.3 Å². The Morgan fingerprint density at radius 3 is 2.74 bits per heavy atom. The Bertz CT molecular complexity index is 823. The summed E-state index contributed by atoms with van der Waals surface area (Å²) in [5, 5.41) is 4.64. The third kappa shape index (κ3) is 3.94. The van der Waals surface area contributed by atoms with Crippen molar-refractivity contribution >= 4 is 33.7 Å². The number of anilines is 1. The summed E-state index contributed by atoms with van der Waals surface area (Å²) in [6, 6.07) is 10.8. The summed E-state index contributed by atoms with van der Waals surface area (Å²) in [5.41, 5.74) is 0.675. The van der Waals surface area contributed by atoms with Crippen molar-refractivity contribution in [1.82, 2.24) is 4.98 Å². The molecule has 3 rings (SSSR count). The lowest BCUT2D eigenvalue weighted by Gasteiger charge is -2.03. The maximum absolute atomic E-state index is 12.4. The summed E-state index contributed by atoms with van der Waals surface area (Å²) in [6.07, 6.45) is 1.65. The van der Waals surface area contributed by atoms with Gasteiger partial charge in [0.25, 0.3) is 0 Å². The number of hydrogen-bond acceptors (Lipinski definition) is 5. The predicted octanol–water partition coefficient (Wildman–Crippen LogP) is 3.67. The molecule has 0 radical (unpaired) electrons. The highest BCUT2D eigenvalue weighted by molar-refractivity contribution is 7.84. The highest BCUT2D eigenvalue weighted by atomic mass is 32.2. The molecule has 0 aliphatic carbocycles. The van der Waals surface area contributed by atoms with Crippen molar-refractivity contribution in [2.45, 2.75) is 17.6 Å². The molecule has 0 fully saturated rings. The number of rotatable bonds is 5. The molecule has 118 valence electrons. The van der Waals surface area contributed by atoms with Gasteiger partial charge in [0.2, 0.25) is 11.8 Å². The number of oxazole rings is 1. The van der Waals surface area contributed by atoms with Crippen LogP contribution in [0, 0.1) is 0 Å². The first-order valence-electron chi connectivity index (χ1n) is 6.86. The van der Waals surface area contributed by atoms with E-state index < -0.39 is 10.8 Å². The van der Waals surface area contributed by atoms with Gasteiger partial charge in [-0.1, -0.05) is 6.07 Å². The fraction of sp³-hybridized carbons (Fsp3) is 0.125. The van der Waals surface area contributed by atoms with Crippen LogP contribution < -0.4 is 5.32 Å². The summed E-state index contributed by atoms with van der Waals surface area (Å²) in [6.45, 7) is 1.44. The van der Waals surface area contributed by atoms with E-state index in [9.17, 15) is 9.00 Å². The zero-order chi connectivity index (χ0) is 16.2. The highest BCUT2D eigenvalue weighted by Gasteiger charge is 2.12. The zero-order valence-electron chi connectivity index (χ0n) is 12.3. The number of benzene rings is 1. The van der Waals surface area contributed by atoms with Gasteiger partial charge in [-0.15, -0.1) is 11.3 Å². The van der Waals surface area contributed by atoms with E-state index in [0.29, 0.717) is 22.2 Å². The number of nitrogens with zero attached hydrogens (tertiary/aromatic N) is 1. The third-order valence-corrected chi connectivity index (χ3v) is 5.20. The van der Waals surface area contributed by atoms with E-state index in [-0.39, 0.29) is 11.7 Å². The SMILES string of the molecule is CC(=O)Nc1ccc([S@](=O)Cc2ncc(-c3cccs3)o2)cc1. The molecule has 3 aromatic rings. The van der Waals surface area contributed by atoms with Gasteiger partial charge < -0.3 is 9.73 Å². The van der Waals surface area contributed by atoms with Gasteiger partial charge in [-0.05, 0) is 35.7 Å². The molecule has 23 heavy (non-hydrogen) atoms. The Morgan fingerprint density at radius 1 is 1.30 bits per heavy atom. The molecule has 0 spiro atoms. The second-order valence-electron chi connectivity index (χ2n) is 4.79. The Kier molecular flexibility index (Phi) is 4.68. The van der Waals surface area contributed by atoms with Crippen LogP contribution in [0.25, 0.3) is 10.6 Å². The van der Waals surface area contributed by atoms with E-state index >= 15 is 0 Å². The van der Waals surface area contributed by atoms with E-state index in [2.05, 4.69) is 10.3 Å². The molecular formula is C16H14N2O3S2. The fourth-order valence-corrected chi connectivity index (χ4v) is 3.63. The summed E-state index contributed by atoms with van der Waals surface area (Å²) < 4.78 is 18.0. The molecule has 1 aromatic carbocycles. The van der Waals surface area contributed by atoms with Gasteiger partial charge >= 0.3 is 0 Å². The maximum Gasteiger partial charge on any atom is 0.221 e. The summed E-state index contributed by atoms with van der Waals surface area (Å²) in [5.74, 6) is 1.20. The maximum atomic E-state index is 12.4. The van der Waals surface area contributed by atoms with Gasteiger partial charge in [0.05, 0.1) is 21.9 Å². The smallest absolute Gasteiger partial charge is 0.221 e. The highest BCUT2D eigenvalue weighted by Crippen LogP contribution is 2.26. The number of nitrogens with one attached hydrogen (secondary N) is 1. The van der Waals surface area contributed by atoms with E-state index in [4.69, 9.17) is 4.42 Å². The molecule has 0 bridgehead atoms. The van der Waals surface area contributed by atoms with Crippen molar-refractivity contribution in [3.63, 3.8) is 0 Å². The summed E-state index contributed by atoms with van der Waals surface area (Å²) in [7, 11) is -1.25. The van der Waals surface area contributed by atoms with Crippen molar-refractivity contribution in [2.24, 2.45) is 0 Å². The molecule has 0 saturated heterocycles. The van der Waals surface area contributed by atoms with E-state index in [1.54, 1.807) is 41.8 Å². The quantitative estimate of drug-likeness (QED) is 0.765. The molecule has 1 atom stereocenters. The third-order valence-electron chi connectivity index (χ3n) is 3.01. The average molecular weight is 346 g/mol. The van der Waals surface area contributed by atoms with Crippen molar-refractivity contribution in [3.05, 3.63) is 53.9 Å². The molecular weight excluding hydrogens is 332 g/mol. The monoisotopic (exact) mass is 346 g/mol. The Balaban J connectivity index is 1.68. The Labute approximate surface area is 139 Å². The largest absolute Gasteiger partial charge is 0.439 e. The molecule has 0 aliphatic rings. The number of amides is 1. The van der Waals surface area contributed by atoms with Crippen LogP contribution in [0.4, 0.5) is 5.69 Å². The number of thiophene rings is 1. The van der Waals surface area contributed by atoms with Crippen LogP contribution in [0.2, 0.25) is 0 Å². The standard InChI is InChI=1S/C16H14N2O3S2/c1-11(19)18-12-4-6-13(7-5-12)23(20)10-16-17-9-14(21-16)15-3-2-8-22-15/h2-9H,10H2,1H3,(H,18,19)/t23-/m1/s1. The van der Waals surface area contributed by atoms with Crippen molar-refractivity contribution in [1.29, 1.82) is 0 Å². The van der Waals surface area contributed by atoms with Crippen LogP contribution in [0.5, 0.6) is 0 Å². The summed E-state index contributed by atoms with van der Waals surface area (Å²) >= 11 is 1.57. The lowest BCUT2D eigenvalue weighted by molar-refractivity contribution is -0.114. The van der Waals surface area contributed by atoms with Gasteiger partial charge in [-0.2, -0.15) is 0 Å². The molecule has 0 aliphatic heterocycles. The number of hydrogen-bond donors (Lipinski definition) is 1. The van der Waals surface area contributed by atoms with Gasteiger partial charge in [0, 0.05) is 17.5 Å². The molecule has 1 amide bonds. The van der Waals surface area contributed by atoms with Crippen molar-refractivity contribution < 1.29 is 13.4 Å². The molecule has 0 saturated carbocycles. The molecule has 2 heterocycles. The van der Waals surface area contributed by atoms with Crippen LogP contribution >= 0.6 is 11.3 Å². The molecule has 2 aromatic heterocycles. The average Bonchev–Trinajstić information content (AvgIpc) is 3.18. The first-order valence-corrected chi connectivity index (χ1v) is 9.06. The topological polar surface area (TPSA) is 72.2 Å². The Hall–Kier alpha value is -2.25. The first kappa shape index (κ1) is 15.6. The van der Waals surface area contributed by atoms with Gasteiger partial charge in [0.15, 0.2) is 5.76 Å². The predicted molar refractivity (Wildman–Crippen MR) is 90.7 cm³/mol. The van der Waals surface area contributed by atoms with Crippen LogP contribution in [0.3, 0.4) is 0 Å². The van der Waals surface area contributed by atoms with Gasteiger partial charge in [-0.3, -0.25) is 9.00 Å². The van der Waals surface area contributed by atoms with Crippen molar-refractivity contribution in [2.75, 3.05) is 5.32 Å². The summed E-state index contributed by atoms with van der Waals surface area (Å²) in [4.78, 5) is 16.8. The van der Waals surface area contributed by atoms with E-state index in [0.717, 1.165) is 4.88 Å². The van der Waals surface area contributed by atoms with Crippen LogP contribution in [-0.4, -0.2) is 15.1 Å². The second-order valence-corrected chi connectivity index (χ2v) is 7.19. The number of carbonyl (C=O) groups is 1. The fourth-order valence-electron chi connectivity index (χ4n) is 2.00. The normalized spacial score (nSPS) is 12.0.